The number of pyridine rings is 1. The average molecular weight is 293 g/mol. The lowest BCUT2D eigenvalue weighted by atomic mass is 10.2. The van der Waals surface area contributed by atoms with Crippen molar-refractivity contribution in [2.45, 2.75) is 26.6 Å². The summed E-state index contributed by atoms with van der Waals surface area (Å²) in [7, 11) is 1.30. The summed E-state index contributed by atoms with van der Waals surface area (Å²) in [4.78, 5) is 15.3. The summed E-state index contributed by atoms with van der Waals surface area (Å²) in [5, 5.41) is 0. The molecule has 0 spiro atoms. The number of ether oxygens (including phenoxy) is 3. The number of methoxy groups -OCH3 is 1. The van der Waals surface area contributed by atoms with Crippen LogP contribution < -0.4 is 9.47 Å². The van der Waals surface area contributed by atoms with Gasteiger partial charge in [0.25, 0.3) is 0 Å². The lowest BCUT2D eigenvalue weighted by Crippen LogP contribution is -2.20. The zero-order valence-corrected chi connectivity index (χ0v) is 11.2. The Morgan fingerprint density at radius 2 is 2.00 bits per heavy atom. The first-order valence-electron chi connectivity index (χ1n) is 5.72. The second-order valence-corrected chi connectivity index (χ2v) is 3.75. The standard InChI is InChI=1S/C12H14F3NO4/c1-4-19-11(17)5-8-10(20-12(13,14)15)6-9(18-3)7(2)16-8/h6H,4-5H2,1-3H3. The van der Waals surface area contributed by atoms with E-state index in [-0.39, 0.29) is 18.1 Å². The van der Waals surface area contributed by atoms with Gasteiger partial charge in [-0.15, -0.1) is 13.2 Å². The quantitative estimate of drug-likeness (QED) is 0.780. The molecule has 1 rings (SSSR count). The molecule has 0 N–H and O–H groups in total. The minimum absolute atomic E-state index is 0.128. The van der Waals surface area contributed by atoms with E-state index in [2.05, 4.69) is 14.5 Å². The van der Waals surface area contributed by atoms with Gasteiger partial charge in [0, 0.05) is 6.07 Å². The molecule has 0 radical (unpaired) electrons. The third-order valence-electron chi connectivity index (χ3n) is 2.27. The van der Waals surface area contributed by atoms with Crippen LogP contribution >= 0.6 is 0 Å². The van der Waals surface area contributed by atoms with Gasteiger partial charge in [-0.1, -0.05) is 0 Å². The number of alkyl halides is 3. The van der Waals surface area contributed by atoms with Gasteiger partial charge in [-0.3, -0.25) is 4.79 Å². The fourth-order valence-electron chi connectivity index (χ4n) is 1.51. The molecule has 0 amide bonds. The minimum Gasteiger partial charge on any atom is -0.495 e. The fourth-order valence-corrected chi connectivity index (χ4v) is 1.51. The molecule has 5 nitrogen and oxygen atoms in total. The van der Waals surface area contributed by atoms with Gasteiger partial charge >= 0.3 is 12.3 Å². The largest absolute Gasteiger partial charge is 0.573 e. The topological polar surface area (TPSA) is 57.7 Å². The number of carbonyl (C=O) groups excluding carboxylic acids is 1. The normalized spacial score (nSPS) is 11.1. The molecule has 0 fully saturated rings. The summed E-state index contributed by atoms with van der Waals surface area (Å²) in [6, 6.07) is 1.05. The third kappa shape index (κ3) is 4.60. The van der Waals surface area contributed by atoms with E-state index in [4.69, 9.17) is 4.74 Å². The van der Waals surface area contributed by atoms with Crippen LogP contribution in [0.2, 0.25) is 0 Å². The first kappa shape index (κ1) is 16.1. The van der Waals surface area contributed by atoms with Gasteiger partial charge in [0.05, 0.1) is 31.5 Å². The van der Waals surface area contributed by atoms with Gasteiger partial charge in [0.2, 0.25) is 0 Å². The van der Waals surface area contributed by atoms with Crippen molar-refractivity contribution in [1.29, 1.82) is 0 Å². The molecule has 0 aliphatic rings. The van der Waals surface area contributed by atoms with Crippen molar-refractivity contribution < 1.29 is 32.2 Å². The number of carbonyl (C=O) groups is 1. The molecule has 1 aromatic rings. The van der Waals surface area contributed by atoms with Crippen LogP contribution in [0.4, 0.5) is 13.2 Å². The number of aryl methyl sites for hydroxylation is 1. The molecule has 1 heterocycles. The number of halogens is 3. The van der Waals surface area contributed by atoms with Crippen LogP contribution in [-0.4, -0.2) is 31.0 Å². The van der Waals surface area contributed by atoms with Crippen molar-refractivity contribution in [3.8, 4) is 11.5 Å². The molecule has 0 aromatic carbocycles. The predicted octanol–water partition coefficient (Wildman–Crippen LogP) is 2.40. The summed E-state index contributed by atoms with van der Waals surface area (Å²) >= 11 is 0. The van der Waals surface area contributed by atoms with E-state index < -0.39 is 24.5 Å². The molecule has 0 saturated carbocycles. The van der Waals surface area contributed by atoms with E-state index in [1.54, 1.807) is 13.8 Å². The monoisotopic (exact) mass is 293 g/mol. The highest BCUT2D eigenvalue weighted by Gasteiger charge is 2.33. The second-order valence-electron chi connectivity index (χ2n) is 3.75. The van der Waals surface area contributed by atoms with E-state index in [0.29, 0.717) is 5.69 Å². The molecular formula is C12H14F3NO4. The molecule has 0 unspecified atom stereocenters. The van der Waals surface area contributed by atoms with Crippen LogP contribution in [0.15, 0.2) is 6.07 Å². The van der Waals surface area contributed by atoms with Crippen molar-refractivity contribution in [3.63, 3.8) is 0 Å². The number of aromatic nitrogens is 1. The maximum absolute atomic E-state index is 12.3. The zero-order chi connectivity index (χ0) is 15.3. The number of esters is 1. The maximum Gasteiger partial charge on any atom is 0.573 e. The summed E-state index contributed by atoms with van der Waals surface area (Å²) < 4.78 is 50.4. The van der Waals surface area contributed by atoms with E-state index in [9.17, 15) is 18.0 Å². The Labute approximate surface area is 113 Å². The van der Waals surface area contributed by atoms with Gasteiger partial charge in [-0.05, 0) is 13.8 Å². The van der Waals surface area contributed by atoms with Crippen LogP contribution in [0, 0.1) is 6.92 Å². The van der Waals surface area contributed by atoms with Crippen molar-refractivity contribution >= 4 is 5.97 Å². The van der Waals surface area contributed by atoms with Gasteiger partial charge < -0.3 is 14.2 Å². The van der Waals surface area contributed by atoms with Crippen molar-refractivity contribution in [1.82, 2.24) is 4.98 Å². The molecule has 0 atom stereocenters. The van der Waals surface area contributed by atoms with Gasteiger partial charge in [-0.25, -0.2) is 4.98 Å². The average Bonchev–Trinajstić information content (AvgIpc) is 2.31. The molecule has 112 valence electrons. The number of hydrogen-bond donors (Lipinski definition) is 0. The Morgan fingerprint density at radius 1 is 1.35 bits per heavy atom. The second kappa shape index (κ2) is 6.44. The third-order valence-corrected chi connectivity index (χ3v) is 2.27. The lowest BCUT2D eigenvalue weighted by molar-refractivity contribution is -0.275. The van der Waals surface area contributed by atoms with Crippen LogP contribution in [0.3, 0.4) is 0 Å². The van der Waals surface area contributed by atoms with Crippen LogP contribution in [0.5, 0.6) is 11.5 Å². The summed E-state index contributed by atoms with van der Waals surface area (Å²) in [5.41, 5.74) is 0.195. The van der Waals surface area contributed by atoms with Crippen LogP contribution in [0.1, 0.15) is 18.3 Å². The highest BCUT2D eigenvalue weighted by molar-refractivity contribution is 5.73. The molecule has 0 saturated heterocycles. The van der Waals surface area contributed by atoms with Crippen LogP contribution in [0.25, 0.3) is 0 Å². The van der Waals surface area contributed by atoms with E-state index in [0.717, 1.165) is 6.07 Å². The van der Waals surface area contributed by atoms with Gasteiger partial charge in [-0.2, -0.15) is 0 Å². The number of rotatable bonds is 5. The Kier molecular flexibility index (Phi) is 5.18. The Morgan fingerprint density at radius 3 is 2.50 bits per heavy atom. The molecule has 20 heavy (non-hydrogen) atoms. The van der Waals surface area contributed by atoms with E-state index in [1.165, 1.54) is 7.11 Å². The van der Waals surface area contributed by atoms with Crippen molar-refractivity contribution in [2.24, 2.45) is 0 Å². The summed E-state index contributed by atoms with van der Waals surface area (Å²) in [6.45, 7) is 3.27. The summed E-state index contributed by atoms with van der Waals surface area (Å²) in [6.07, 6.45) is -5.30. The van der Waals surface area contributed by atoms with Crippen LogP contribution in [-0.2, 0) is 16.0 Å². The molecule has 1 aromatic heterocycles. The maximum atomic E-state index is 12.3. The minimum atomic E-state index is -4.88. The molecule has 8 heteroatoms. The lowest BCUT2D eigenvalue weighted by Gasteiger charge is -2.15. The highest BCUT2D eigenvalue weighted by Crippen LogP contribution is 2.31. The van der Waals surface area contributed by atoms with E-state index >= 15 is 0 Å². The molecular weight excluding hydrogens is 279 g/mol. The Hall–Kier alpha value is -1.99. The fraction of sp³-hybridized carbons (Fsp3) is 0.500. The number of nitrogens with zero attached hydrogens (tertiary/aromatic N) is 1. The Bertz CT molecular complexity index is 488. The van der Waals surface area contributed by atoms with Gasteiger partial charge in [0.1, 0.15) is 5.75 Å². The highest BCUT2D eigenvalue weighted by atomic mass is 19.4. The van der Waals surface area contributed by atoms with Crippen molar-refractivity contribution in [3.05, 3.63) is 17.5 Å². The van der Waals surface area contributed by atoms with Crippen molar-refractivity contribution in [2.75, 3.05) is 13.7 Å². The SMILES string of the molecule is CCOC(=O)Cc1nc(C)c(OC)cc1OC(F)(F)F. The predicted molar refractivity (Wildman–Crippen MR) is 62.5 cm³/mol. The molecule has 0 aliphatic carbocycles. The molecule has 0 aliphatic heterocycles. The first-order valence-corrected chi connectivity index (χ1v) is 5.72. The van der Waals surface area contributed by atoms with Gasteiger partial charge in [0.15, 0.2) is 5.75 Å². The van der Waals surface area contributed by atoms with E-state index in [1.807, 2.05) is 0 Å². The smallest absolute Gasteiger partial charge is 0.495 e. The molecule has 0 bridgehead atoms. The summed E-state index contributed by atoms with van der Waals surface area (Å²) in [5.74, 6) is -1.12. The first-order chi connectivity index (χ1) is 9.26. The Balaban J connectivity index is 3.12. The zero-order valence-electron chi connectivity index (χ0n) is 11.2. The number of hydrogen-bond acceptors (Lipinski definition) is 5.